The number of ketones is 1. The van der Waals surface area contributed by atoms with Crippen LogP contribution in [0.25, 0.3) is 5.76 Å². The number of carbonyl (C=O) groups is 3. The van der Waals surface area contributed by atoms with Crippen molar-refractivity contribution in [3.8, 4) is 11.5 Å². The molecule has 1 aliphatic rings. The third-order valence-electron chi connectivity index (χ3n) is 7.26. The number of hydrogen-bond donors (Lipinski definition) is 1. The Morgan fingerprint density at radius 3 is 2.27 bits per heavy atom. The van der Waals surface area contributed by atoms with Crippen LogP contribution in [0.5, 0.6) is 11.5 Å². The molecule has 1 aromatic heterocycles. The van der Waals surface area contributed by atoms with E-state index in [9.17, 15) is 19.5 Å². The summed E-state index contributed by atoms with van der Waals surface area (Å²) in [6, 6.07) is 20.6. The van der Waals surface area contributed by atoms with Gasteiger partial charge < -0.3 is 19.3 Å². The number of aromatic nitrogens is 1. The van der Waals surface area contributed by atoms with Gasteiger partial charge in [-0.15, -0.1) is 0 Å². The van der Waals surface area contributed by atoms with Gasteiger partial charge in [0, 0.05) is 5.56 Å². The largest absolute Gasteiger partial charge is 0.507 e. The number of carbonyl (C=O) groups excluding carboxylic acids is 3. The summed E-state index contributed by atoms with van der Waals surface area (Å²) in [5.41, 5.74) is 3.33. The van der Waals surface area contributed by atoms with Crippen molar-refractivity contribution in [3.05, 3.63) is 111 Å². The maximum Gasteiger partial charge on any atom is 0.350 e. The highest BCUT2D eigenvalue weighted by molar-refractivity contribution is 7.17. The monoisotopic (exact) mass is 612 g/mol. The van der Waals surface area contributed by atoms with Crippen molar-refractivity contribution in [1.82, 2.24) is 4.98 Å². The van der Waals surface area contributed by atoms with Crippen LogP contribution >= 0.6 is 11.3 Å². The Labute approximate surface area is 259 Å². The number of aliphatic hydroxyl groups excluding tert-OH is 1. The fourth-order valence-corrected chi connectivity index (χ4v) is 5.89. The molecule has 1 amide bonds. The van der Waals surface area contributed by atoms with Gasteiger partial charge >= 0.3 is 11.9 Å². The normalized spacial score (nSPS) is 15.8. The first kappa shape index (κ1) is 30.5. The lowest BCUT2D eigenvalue weighted by molar-refractivity contribution is -0.132. The second-order valence-electron chi connectivity index (χ2n) is 10.2. The van der Waals surface area contributed by atoms with E-state index in [2.05, 4.69) is 4.98 Å². The zero-order valence-electron chi connectivity index (χ0n) is 24.8. The topological polar surface area (TPSA) is 115 Å². The molecule has 0 aliphatic carbocycles. The fraction of sp³-hybridized carbons (Fsp3) is 0.235. The maximum atomic E-state index is 13.6. The number of methoxy groups -OCH3 is 1. The molecule has 1 atom stereocenters. The number of anilines is 1. The van der Waals surface area contributed by atoms with Gasteiger partial charge in [-0.25, -0.2) is 9.78 Å². The summed E-state index contributed by atoms with van der Waals surface area (Å²) in [5, 5.41) is 11.7. The van der Waals surface area contributed by atoms with Crippen LogP contribution in [0.4, 0.5) is 5.13 Å². The van der Waals surface area contributed by atoms with E-state index in [0.717, 1.165) is 28.9 Å². The summed E-state index contributed by atoms with van der Waals surface area (Å²) in [4.78, 5) is 45.3. The molecule has 5 rings (SSSR count). The second kappa shape index (κ2) is 13.1. The van der Waals surface area contributed by atoms with Crippen molar-refractivity contribution in [3.63, 3.8) is 0 Å². The predicted octanol–water partition coefficient (Wildman–Crippen LogP) is 6.54. The van der Waals surface area contributed by atoms with Crippen LogP contribution in [0.2, 0.25) is 0 Å². The zero-order chi connectivity index (χ0) is 31.4. The zero-order valence-corrected chi connectivity index (χ0v) is 25.6. The van der Waals surface area contributed by atoms with Crippen molar-refractivity contribution in [2.45, 2.75) is 39.8 Å². The van der Waals surface area contributed by atoms with Crippen molar-refractivity contribution < 1.29 is 33.7 Å². The molecule has 0 saturated carbocycles. The average molecular weight is 613 g/mol. The highest BCUT2D eigenvalue weighted by Gasteiger charge is 2.48. The van der Waals surface area contributed by atoms with Crippen LogP contribution in [0.1, 0.15) is 57.0 Å². The number of amides is 1. The molecule has 9 nitrogen and oxygen atoms in total. The van der Waals surface area contributed by atoms with Crippen LogP contribution in [0, 0.1) is 13.8 Å². The Bertz CT molecular complexity index is 1730. The molecule has 0 bridgehead atoms. The lowest BCUT2D eigenvalue weighted by Crippen LogP contribution is -2.29. The molecule has 44 heavy (non-hydrogen) atoms. The molecule has 1 N–H and O–H groups in total. The number of aliphatic hydroxyl groups is 1. The second-order valence-corrected chi connectivity index (χ2v) is 11.2. The van der Waals surface area contributed by atoms with Gasteiger partial charge in [0.25, 0.3) is 5.78 Å². The Morgan fingerprint density at radius 2 is 1.61 bits per heavy atom. The van der Waals surface area contributed by atoms with Gasteiger partial charge in [-0.05, 0) is 73.4 Å². The number of Topliss-reactive ketones (excluding diaryl/α,β-unsaturated/α-hetero) is 1. The Morgan fingerprint density at radius 1 is 0.955 bits per heavy atom. The van der Waals surface area contributed by atoms with E-state index < -0.39 is 23.7 Å². The first-order chi connectivity index (χ1) is 21.2. The maximum absolute atomic E-state index is 13.6. The minimum atomic E-state index is -1.01. The van der Waals surface area contributed by atoms with Crippen LogP contribution in [-0.4, -0.2) is 41.5 Å². The van der Waals surface area contributed by atoms with Crippen molar-refractivity contribution in [2.75, 3.05) is 18.6 Å². The summed E-state index contributed by atoms with van der Waals surface area (Å²) >= 11 is 0.946. The van der Waals surface area contributed by atoms with Crippen molar-refractivity contribution in [1.29, 1.82) is 0 Å². The molecule has 10 heteroatoms. The number of nitrogens with zero attached hydrogens (tertiary/aromatic N) is 2. The van der Waals surface area contributed by atoms with Crippen LogP contribution in [0.15, 0.2) is 78.4 Å². The van der Waals surface area contributed by atoms with E-state index in [1.165, 1.54) is 12.0 Å². The predicted molar refractivity (Wildman–Crippen MR) is 167 cm³/mol. The number of aryl methyl sites for hydroxylation is 2. The van der Waals surface area contributed by atoms with Crippen LogP contribution in [0.3, 0.4) is 0 Å². The molecule has 1 saturated heterocycles. The number of benzene rings is 3. The van der Waals surface area contributed by atoms with Gasteiger partial charge in [-0.3, -0.25) is 14.5 Å². The fourth-order valence-electron chi connectivity index (χ4n) is 4.88. The molecule has 2 heterocycles. The molecule has 0 spiro atoms. The van der Waals surface area contributed by atoms with Gasteiger partial charge in [0.2, 0.25) is 0 Å². The highest BCUT2D eigenvalue weighted by Crippen LogP contribution is 2.44. The molecular formula is C34H32N2O7S. The first-order valence-corrected chi connectivity index (χ1v) is 14.9. The van der Waals surface area contributed by atoms with Gasteiger partial charge in [-0.1, -0.05) is 54.7 Å². The van der Waals surface area contributed by atoms with Crippen LogP contribution < -0.4 is 14.4 Å². The number of rotatable bonds is 10. The average Bonchev–Trinajstić information content (AvgIpc) is 3.55. The smallest absolute Gasteiger partial charge is 0.350 e. The lowest BCUT2D eigenvalue weighted by atomic mass is 9.95. The summed E-state index contributed by atoms with van der Waals surface area (Å²) in [6.45, 7) is 6.56. The summed E-state index contributed by atoms with van der Waals surface area (Å²) in [5.74, 6) is -1.46. The third-order valence-corrected chi connectivity index (χ3v) is 8.40. The first-order valence-electron chi connectivity index (χ1n) is 14.1. The highest BCUT2D eigenvalue weighted by atomic mass is 32.1. The molecule has 4 aromatic rings. The van der Waals surface area contributed by atoms with Gasteiger partial charge in [-0.2, -0.15) is 0 Å². The molecular weight excluding hydrogens is 580 g/mol. The quantitative estimate of drug-likeness (QED) is 0.0929. The molecule has 1 aliphatic heterocycles. The van der Waals surface area contributed by atoms with E-state index in [4.69, 9.17) is 14.2 Å². The summed E-state index contributed by atoms with van der Waals surface area (Å²) < 4.78 is 16.5. The molecule has 0 radical (unpaired) electrons. The van der Waals surface area contributed by atoms with Gasteiger partial charge in [0.1, 0.15) is 28.7 Å². The SMILES string of the molecule is CCCOc1ccc(C2C(=C(O)c3ccc(OCc4ccccc4C)cc3)C(=O)C(=O)N2c2nc(C)c(C(=O)OC)s2)cc1. The molecule has 1 fully saturated rings. The summed E-state index contributed by atoms with van der Waals surface area (Å²) in [7, 11) is 1.26. The van der Waals surface area contributed by atoms with E-state index in [1.54, 1.807) is 55.5 Å². The number of esters is 1. The summed E-state index contributed by atoms with van der Waals surface area (Å²) in [6.07, 6.45) is 0.837. The van der Waals surface area contributed by atoms with E-state index in [0.29, 0.717) is 41.5 Å². The van der Waals surface area contributed by atoms with Gasteiger partial charge in [0.15, 0.2) is 5.13 Å². The number of thiazole rings is 1. The van der Waals surface area contributed by atoms with Crippen molar-refractivity contribution >= 4 is 39.9 Å². The number of hydrogen-bond acceptors (Lipinski definition) is 9. The molecule has 3 aromatic carbocycles. The lowest BCUT2D eigenvalue weighted by Gasteiger charge is -2.23. The standard InChI is InChI=1S/C34H32N2O7S/c1-5-18-42-25-14-10-22(11-15-25)28-27(30(38)32(39)36(28)34-35-21(3)31(44-34)33(40)41-4)29(37)23-12-16-26(17-13-23)43-19-24-9-7-6-8-20(24)2/h6-17,28,37H,5,18-19H2,1-4H3. The molecule has 1 unspecified atom stereocenters. The van der Waals surface area contributed by atoms with Crippen LogP contribution in [-0.2, 0) is 20.9 Å². The minimum absolute atomic E-state index is 0.0988. The van der Waals surface area contributed by atoms with E-state index >= 15 is 0 Å². The number of ether oxygens (including phenoxy) is 3. The van der Waals surface area contributed by atoms with E-state index in [-0.39, 0.29) is 21.3 Å². The Balaban J connectivity index is 1.53. The minimum Gasteiger partial charge on any atom is -0.507 e. The van der Waals surface area contributed by atoms with Crippen molar-refractivity contribution in [2.24, 2.45) is 0 Å². The third kappa shape index (κ3) is 6.07. The Kier molecular flexibility index (Phi) is 9.10. The van der Waals surface area contributed by atoms with Gasteiger partial charge in [0.05, 0.1) is 31.0 Å². The molecule has 226 valence electrons. The van der Waals surface area contributed by atoms with E-state index in [1.807, 2.05) is 38.1 Å². The Hall–Kier alpha value is -4.96.